The van der Waals surface area contributed by atoms with E-state index in [0.29, 0.717) is 13.1 Å². The second-order valence-corrected chi connectivity index (χ2v) is 6.58. The first-order chi connectivity index (χ1) is 9.56. The lowest BCUT2D eigenvalue weighted by molar-refractivity contribution is 0.206. The third-order valence-corrected chi connectivity index (χ3v) is 4.60. The fourth-order valence-electron chi connectivity index (χ4n) is 1.81. The molecular formula is C15H17BrN2OS. The SMILES string of the molecule is Cc1ccsc1CNC(=O)N(C)Cc1ccc(Br)cc1. The maximum atomic E-state index is 12.0. The molecule has 20 heavy (non-hydrogen) atoms. The van der Waals surface area contributed by atoms with Crippen LogP contribution in [0.5, 0.6) is 0 Å². The number of nitrogens with zero attached hydrogens (tertiary/aromatic N) is 1. The first-order valence-electron chi connectivity index (χ1n) is 6.32. The van der Waals surface area contributed by atoms with E-state index in [-0.39, 0.29) is 6.03 Å². The van der Waals surface area contributed by atoms with Crippen LogP contribution in [0, 0.1) is 6.92 Å². The minimum atomic E-state index is -0.0549. The molecule has 1 aromatic heterocycles. The molecule has 0 saturated heterocycles. The predicted molar refractivity (Wildman–Crippen MR) is 86.9 cm³/mol. The van der Waals surface area contributed by atoms with Crippen molar-refractivity contribution in [3.05, 3.63) is 56.2 Å². The normalized spacial score (nSPS) is 10.3. The lowest BCUT2D eigenvalue weighted by Crippen LogP contribution is -2.36. The number of benzene rings is 1. The smallest absolute Gasteiger partial charge is 0.317 e. The summed E-state index contributed by atoms with van der Waals surface area (Å²) in [6, 6.07) is 10.00. The number of aryl methyl sites for hydroxylation is 1. The number of rotatable bonds is 4. The third kappa shape index (κ3) is 4.08. The van der Waals surface area contributed by atoms with Gasteiger partial charge in [0.1, 0.15) is 0 Å². The van der Waals surface area contributed by atoms with E-state index in [4.69, 9.17) is 0 Å². The zero-order valence-corrected chi connectivity index (χ0v) is 13.9. The number of nitrogens with one attached hydrogen (secondary N) is 1. The highest BCUT2D eigenvalue weighted by Gasteiger charge is 2.09. The van der Waals surface area contributed by atoms with Crippen LogP contribution in [-0.2, 0) is 13.1 Å². The standard InChI is InChI=1S/C15H17BrN2OS/c1-11-7-8-20-14(11)9-17-15(19)18(2)10-12-3-5-13(16)6-4-12/h3-8H,9-10H2,1-2H3,(H,17,19). The number of carbonyl (C=O) groups is 1. The quantitative estimate of drug-likeness (QED) is 0.880. The first-order valence-corrected chi connectivity index (χ1v) is 8.00. The highest BCUT2D eigenvalue weighted by Crippen LogP contribution is 2.15. The van der Waals surface area contributed by atoms with Crippen LogP contribution in [0.2, 0.25) is 0 Å². The summed E-state index contributed by atoms with van der Waals surface area (Å²) in [5, 5.41) is 4.99. The van der Waals surface area contributed by atoms with Crippen LogP contribution < -0.4 is 5.32 Å². The molecule has 0 spiro atoms. The van der Waals surface area contributed by atoms with Crippen LogP contribution >= 0.6 is 27.3 Å². The minimum absolute atomic E-state index is 0.0549. The van der Waals surface area contributed by atoms with Gasteiger partial charge in [0.2, 0.25) is 0 Å². The van der Waals surface area contributed by atoms with E-state index < -0.39 is 0 Å². The molecule has 3 nitrogen and oxygen atoms in total. The molecule has 2 rings (SSSR count). The highest BCUT2D eigenvalue weighted by atomic mass is 79.9. The number of carbonyl (C=O) groups excluding carboxylic acids is 1. The Balaban J connectivity index is 1.86. The molecule has 1 aromatic carbocycles. The second-order valence-electron chi connectivity index (χ2n) is 4.67. The first kappa shape index (κ1) is 15.1. The molecule has 0 bridgehead atoms. The molecule has 0 aliphatic rings. The maximum Gasteiger partial charge on any atom is 0.317 e. The Morgan fingerprint density at radius 2 is 2.00 bits per heavy atom. The molecule has 1 heterocycles. The lowest BCUT2D eigenvalue weighted by atomic mass is 10.2. The van der Waals surface area contributed by atoms with Crippen molar-refractivity contribution in [1.29, 1.82) is 0 Å². The Labute approximate surface area is 131 Å². The van der Waals surface area contributed by atoms with Crippen LogP contribution in [0.15, 0.2) is 40.2 Å². The van der Waals surface area contributed by atoms with E-state index in [1.807, 2.05) is 29.6 Å². The van der Waals surface area contributed by atoms with Crippen molar-refractivity contribution in [2.75, 3.05) is 7.05 Å². The van der Waals surface area contributed by atoms with E-state index in [0.717, 1.165) is 10.0 Å². The van der Waals surface area contributed by atoms with Crippen molar-refractivity contribution in [3.8, 4) is 0 Å². The number of urea groups is 1. The number of amides is 2. The number of hydrogen-bond donors (Lipinski definition) is 1. The number of thiophene rings is 1. The average molecular weight is 353 g/mol. The Kier molecular flexibility index (Phi) is 5.20. The van der Waals surface area contributed by atoms with Gasteiger partial charge in [0, 0.05) is 22.9 Å². The van der Waals surface area contributed by atoms with Crippen molar-refractivity contribution in [2.45, 2.75) is 20.0 Å². The predicted octanol–water partition coefficient (Wildman–Crippen LogP) is 4.16. The molecule has 0 aliphatic carbocycles. The van der Waals surface area contributed by atoms with Crippen LogP contribution in [-0.4, -0.2) is 18.0 Å². The summed E-state index contributed by atoms with van der Waals surface area (Å²) >= 11 is 5.07. The summed E-state index contributed by atoms with van der Waals surface area (Å²) in [7, 11) is 1.80. The van der Waals surface area contributed by atoms with E-state index in [1.54, 1.807) is 23.3 Å². The Bertz CT molecular complexity index is 580. The number of hydrogen-bond acceptors (Lipinski definition) is 2. The molecular weight excluding hydrogens is 336 g/mol. The zero-order valence-electron chi connectivity index (χ0n) is 11.5. The molecule has 0 unspecified atom stereocenters. The van der Waals surface area contributed by atoms with Gasteiger partial charge in [0.25, 0.3) is 0 Å². The molecule has 0 aliphatic heterocycles. The van der Waals surface area contributed by atoms with Gasteiger partial charge >= 0.3 is 6.03 Å². The van der Waals surface area contributed by atoms with Gasteiger partial charge < -0.3 is 10.2 Å². The van der Waals surface area contributed by atoms with Crippen molar-refractivity contribution in [2.24, 2.45) is 0 Å². The van der Waals surface area contributed by atoms with Gasteiger partial charge in [-0.25, -0.2) is 4.79 Å². The number of halogens is 1. The summed E-state index contributed by atoms with van der Waals surface area (Å²) in [6.07, 6.45) is 0. The van der Waals surface area contributed by atoms with E-state index in [2.05, 4.69) is 34.2 Å². The molecule has 0 radical (unpaired) electrons. The summed E-state index contributed by atoms with van der Waals surface area (Å²) in [6.45, 7) is 3.25. The lowest BCUT2D eigenvalue weighted by Gasteiger charge is -2.18. The molecule has 5 heteroatoms. The van der Waals surface area contributed by atoms with Gasteiger partial charge in [0.15, 0.2) is 0 Å². The molecule has 2 amide bonds. The third-order valence-electron chi connectivity index (χ3n) is 3.05. The molecule has 0 saturated carbocycles. The Morgan fingerprint density at radius 1 is 1.30 bits per heavy atom. The van der Waals surface area contributed by atoms with Gasteiger partial charge in [0.05, 0.1) is 6.54 Å². The van der Waals surface area contributed by atoms with Gasteiger partial charge in [-0.1, -0.05) is 28.1 Å². The topological polar surface area (TPSA) is 32.3 Å². The Hall–Kier alpha value is -1.33. The zero-order chi connectivity index (χ0) is 14.5. The van der Waals surface area contributed by atoms with Crippen molar-refractivity contribution < 1.29 is 4.79 Å². The van der Waals surface area contributed by atoms with Crippen molar-refractivity contribution in [1.82, 2.24) is 10.2 Å². The average Bonchev–Trinajstić information content (AvgIpc) is 2.84. The summed E-state index contributed by atoms with van der Waals surface area (Å²) in [4.78, 5) is 14.9. The highest BCUT2D eigenvalue weighted by molar-refractivity contribution is 9.10. The molecule has 1 N–H and O–H groups in total. The monoisotopic (exact) mass is 352 g/mol. The van der Waals surface area contributed by atoms with Crippen LogP contribution in [0.4, 0.5) is 4.79 Å². The van der Waals surface area contributed by atoms with E-state index in [1.165, 1.54) is 10.4 Å². The van der Waals surface area contributed by atoms with Gasteiger partial charge in [-0.3, -0.25) is 0 Å². The van der Waals surface area contributed by atoms with Crippen molar-refractivity contribution in [3.63, 3.8) is 0 Å². The van der Waals surface area contributed by atoms with Crippen LogP contribution in [0.3, 0.4) is 0 Å². The van der Waals surface area contributed by atoms with E-state index >= 15 is 0 Å². The molecule has 106 valence electrons. The molecule has 2 aromatic rings. The fourth-order valence-corrected chi connectivity index (χ4v) is 2.92. The van der Waals surface area contributed by atoms with Gasteiger partial charge in [-0.2, -0.15) is 0 Å². The Morgan fingerprint density at radius 3 is 2.60 bits per heavy atom. The largest absolute Gasteiger partial charge is 0.333 e. The second kappa shape index (κ2) is 6.90. The molecule has 0 fully saturated rings. The van der Waals surface area contributed by atoms with Crippen molar-refractivity contribution >= 4 is 33.3 Å². The van der Waals surface area contributed by atoms with Crippen LogP contribution in [0.25, 0.3) is 0 Å². The van der Waals surface area contributed by atoms with Gasteiger partial charge in [-0.05, 0) is 41.6 Å². The summed E-state index contributed by atoms with van der Waals surface area (Å²) in [5.41, 5.74) is 2.34. The maximum absolute atomic E-state index is 12.0. The van der Waals surface area contributed by atoms with E-state index in [9.17, 15) is 4.79 Å². The molecule has 0 atom stereocenters. The summed E-state index contributed by atoms with van der Waals surface area (Å²) in [5.74, 6) is 0. The minimum Gasteiger partial charge on any atom is -0.333 e. The summed E-state index contributed by atoms with van der Waals surface area (Å²) < 4.78 is 1.04. The fraction of sp³-hybridized carbons (Fsp3) is 0.267. The van der Waals surface area contributed by atoms with Gasteiger partial charge in [-0.15, -0.1) is 11.3 Å². The van der Waals surface area contributed by atoms with Crippen LogP contribution in [0.1, 0.15) is 16.0 Å².